The molecule has 1 saturated carbocycles. The lowest BCUT2D eigenvalue weighted by molar-refractivity contribution is -0.286. The maximum atomic E-state index is 13.4. The Bertz CT molecular complexity index is 1320. The van der Waals surface area contributed by atoms with Gasteiger partial charge in [-0.25, -0.2) is 4.98 Å². The lowest BCUT2D eigenvalue weighted by Gasteiger charge is -2.17. The molecule has 1 aliphatic heterocycles. The highest BCUT2D eigenvalue weighted by atomic mass is 19.3. The number of ether oxygens (including phenoxy) is 3. The second-order valence-electron chi connectivity index (χ2n) is 8.96. The highest BCUT2D eigenvalue weighted by Gasteiger charge is 2.52. The maximum Gasteiger partial charge on any atom is 0.586 e. The fraction of sp³-hybridized carbons (Fsp3) is 0.346. The Labute approximate surface area is 195 Å². The van der Waals surface area contributed by atoms with Crippen LogP contribution in [0.15, 0.2) is 36.5 Å². The quantitative estimate of drug-likeness (QED) is 0.495. The van der Waals surface area contributed by atoms with Crippen molar-refractivity contribution >= 4 is 5.78 Å². The number of halogens is 2. The number of carbonyl (C=O) groups is 1. The summed E-state index contributed by atoms with van der Waals surface area (Å²) in [5.74, 6) is 0.458. The van der Waals surface area contributed by atoms with Gasteiger partial charge < -0.3 is 14.2 Å². The molecule has 2 aliphatic rings. The average molecular weight is 466 g/mol. The number of carbonyl (C=O) groups excluding carboxylic acids is 1. The molecule has 1 fully saturated rings. The van der Waals surface area contributed by atoms with Crippen molar-refractivity contribution in [3.05, 3.63) is 64.5 Å². The van der Waals surface area contributed by atoms with Crippen LogP contribution in [0, 0.1) is 20.8 Å². The van der Waals surface area contributed by atoms with E-state index in [2.05, 4.69) is 14.5 Å². The number of Topliss-reactive ketones (excluding diaryl/α,β-unsaturated/α-hetero) is 1. The number of hydrogen-bond acceptors (Lipinski definition) is 6. The summed E-state index contributed by atoms with van der Waals surface area (Å²) in [5, 5.41) is 0. The van der Waals surface area contributed by atoms with Gasteiger partial charge in [-0.2, -0.15) is 0 Å². The molecule has 34 heavy (non-hydrogen) atoms. The first-order chi connectivity index (χ1) is 16.1. The molecule has 1 aromatic carbocycles. The predicted molar refractivity (Wildman–Crippen MR) is 120 cm³/mol. The van der Waals surface area contributed by atoms with E-state index < -0.39 is 11.7 Å². The topological polar surface area (TPSA) is 70.5 Å². The molecule has 3 aromatic rings. The van der Waals surface area contributed by atoms with Crippen molar-refractivity contribution < 1.29 is 27.8 Å². The molecule has 8 heteroatoms. The van der Waals surface area contributed by atoms with E-state index in [-0.39, 0.29) is 23.7 Å². The predicted octanol–water partition coefficient (Wildman–Crippen LogP) is 5.24. The summed E-state index contributed by atoms with van der Waals surface area (Å²) in [6.07, 6.45) is -0.501. The Morgan fingerprint density at radius 3 is 2.47 bits per heavy atom. The lowest BCUT2D eigenvalue weighted by atomic mass is 9.88. The molecule has 0 saturated heterocycles. The van der Waals surface area contributed by atoms with Gasteiger partial charge in [-0.05, 0) is 74.1 Å². The molecule has 2 aromatic heterocycles. The van der Waals surface area contributed by atoms with Crippen molar-refractivity contribution in [3.63, 3.8) is 0 Å². The van der Waals surface area contributed by atoms with Crippen LogP contribution < -0.4 is 14.2 Å². The van der Waals surface area contributed by atoms with Crippen LogP contribution in [0.1, 0.15) is 40.8 Å². The molecule has 0 unspecified atom stereocenters. The SMILES string of the molecule is COc1cc(C)c(-c2nc(CC(=O)C3(c4ccc5c(c4)OC(F)(F)O5)CC3)cc(C)c2C)cn1. The Morgan fingerprint density at radius 2 is 1.79 bits per heavy atom. The highest BCUT2D eigenvalue weighted by Crippen LogP contribution is 2.52. The van der Waals surface area contributed by atoms with Crippen LogP contribution in [0.2, 0.25) is 0 Å². The molecule has 3 heterocycles. The second-order valence-corrected chi connectivity index (χ2v) is 8.96. The summed E-state index contributed by atoms with van der Waals surface area (Å²) in [6.45, 7) is 5.96. The minimum Gasteiger partial charge on any atom is -0.481 e. The number of methoxy groups -OCH3 is 1. The molecule has 5 rings (SSSR count). The van der Waals surface area contributed by atoms with Gasteiger partial charge in [0.05, 0.1) is 18.2 Å². The number of aromatic nitrogens is 2. The molecule has 0 radical (unpaired) electrons. The number of alkyl halides is 2. The Kier molecular flexibility index (Phi) is 5.07. The summed E-state index contributed by atoms with van der Waals surface area (Å²) in [6, 6.07) is 8.38. The van der Waals surface area contributed by atoms with Crippen LogP contribution in [0.25, 0.3) is 11.3 Å². The first-order valence-corrected chi connectivity index (χ1v) is 11.0. The summed E-state index contributed by atoms with van der Waals surface area (Å²) in [5.41, 5.74) is 5.30. The summed E-state index contributed by atoms with van der Waals surface area (Å²) in [4.78, 5) is 22.6. The van der Waals surface area contributed by atoms with E-state index >= 15 is 0 Å². The van der Waals surface area contributed by atoms with E-state index in [1.807, 2.05) is 32.9 Å². The Hall–Kier alpha value is -3.55. The molecule has 0 N–H and O–H groups in total. The minimum atomic E-state index is -3.68. The fourth-order valence-corrected chi connectivity index (χ4v) is 4.48. The molecule has 0 amide bonds. The van der Waals surface area contributed by atoms with Gasteiger partial charge >= 0.3 is 6.29 Å². The molecule has 1 aliphatic carbocycles. The number of aryl methyl sites for hydroxylation is 2. The zero-order valence-electron chi connectivity index (χ0n) is 19.4. The zero-order chi connectivity index (χ0) is 24.3. The second kappa shape index (κ2) is 7.75. The van der Waals surface area contributed by atoms with Crippen LogP contribution in [0.4, 0.5) is 8.78 Å². The average Bonchev–Trinajstić information content (AvgIpc) is 3.53. The summed E-state index contributed by atoms with van der Waals surface area (Å²) >= 11 is 0. The molecular formula is C26H24F2N2O4. The largest absolute Gasteiger partial charge is 0.586 e. The van der Waals surface area contributed by atoms with Crippen molar-refractivity contribution in [3.8, 4) is 28.6 Å². The van der Waals surface area contributed by atoms with Gasteiger partial charge in [-0.15, -0.1) is 8.78 Å². The number of pyridine rings is 2. The maximum absolute atomic E-state index is 13.4. The van der Waals surface area contributed by atoms with Gasteiger partial charge in [0.25, 0.3) is 0 Å². The molecule has 6 nitrogen and oxygen atoms in total. The third-order valence-electron chi connectivity index (χ3n) is 6.71. The van der Waals surface area contributed by atoms with E-state index in [0.29, 0.717) is 30.0 Å². The number of fused-ring (bicyclic) bond motifs is 1. The van der Waals surface area contributed by atoms with Crippen LogP contribution in [-0.4, -0.2) is 29.2 Å². The summed E-state index contributed by atoms with van der Waals surface area (Å²) in [7, 11) is 1.57. The van der Waals surface area contributed by atoms with E-state index in [1.54, 1.807) is 19.4 Å². The van der Waals surface area contributed by atoms with Crippen molar-refractivity contribution in [2.24, 2.45) is 0 Å². The van der Waals surface area contributed by atoms with Crippen molar-refractivity contribution in [1.82, 2.24) is 9.97 Å². The Balaban J connectivity index is 1.44. The van der Waals surface area contributed by atoms with Crippen LogP contribution >= 0.6 is 0 Å². The van der Waals surface area contributed by atoms with E-state index in [9.17, 15) is 13.6 Å². The lowest BCUT2D eigenvalue weighted by Crippen LogP contribution is -2.26. The van der Waals surface area contributed by atoms with Gasteiger partial charge in [0.1, 0.15) is 5.78 Å². The minimum absolute atomic E-state index is 0.00408. The molecule has 176 valence electrons. The number of ketones is 1. The first-order valence-electron chi connectivity index (χ1n) is 11.0. The van der Waals surface area contributed by atoms with E-state index in [4.69, 9.17) is 9.72 Å². The zero-order valence-corrected chi connectivity index (χ0v) is 19.4. The van der Waals surface area contributed by atoms with Crippen LogP contribution in [0.3, 0.4) is 0 Å². The Morgan fingerprint density at radius 1 is 1.06 bits per heavy atom. The number of nitrogens with zero attached hydrogens (tertiary/aromatic N) is 2. The van der Waals surface area contributed by atoms with Gasteiger partial charge in [-0.3, -0.25) is 9.78 Å². The van der Waals surface area contributed by atoms with Gasteiger partial charge in [0.15, 0.2) is 11.5 Å². The summed E-state index contributed by atoms with van der Waals surface area (Å²) < 4.78 is 41.1. The third-order valence-corrected chi connectivity index (χ3v) is 6.71. The van der Waals surface area contributed by atoms with E-state index in [1.165, 1.54) is 12.1 Å². The molecule has 0 atom stereocenters. The van der Waals surface area contributed by atoms with Crippen molar-refractivity contribution in [1.29, 1.82) is 0 Å². The monoisotopic (exact) mass is 466 g/mol. The molecular weight excluding hydrogens is 442 g/mol. The number of benzene rings is 1. The fourth-order valence-electron chi connectivity index (χ4n) is 4.48. The van der Waals surface area contributed by atoms with E-state index in [0.717, 1.165) is 27.9 Å². The van der Waals surface area contributed by atoms with Gasteiger partial charge in [-0.1, -0.05) is 6.07 Å². The van der Waals surface area contributed by atoms with Gasteiger partial charge in [0, 0.05) is 29.9 Å². The third kappa shape index (κ3) is 3.77. The first kappa shape index (κ1) is 22.3. The number of rotatable bonds is 6. The smallest absolute Gasteiger partial charge is 0.481 e. The highest BCUT2D eigenvalue weighted by molar-refractivity contribution is 5.94. The molecule has 0 spiro atoms. The van der Waals surface area contributed by atoms with Crippen LogP contribution in [-0.2, 0) is 16.6 Å². The van der Waals surface area contributed by atoms with Crippen molar-refractivity contribution in [2.75, 3.05) is 7.11 Å². The number of hydrogen-bond donors (Lipinski definition) is 0. The normalized spacial score (nSPS) is 16.9. The van der Waals surface area contributed by atoms with Gasteiger partial charge in [0.2, 0.25) is 5.88 Å². The molecule has 0 bridgehead atoms. The standard InChI is InChI=1S/C26H24F2N2O4/c1-14-9-18(30-24(16(14)3)19-13-29-23(32-4)10-15(19)2)12-22(31)25(7-8-25)17-5-6-20-21(11-17)34-26(27,28)33-20/h5-6,9-11,13H,7-8,12H2,1-4H3. The van der Waals surface area contributed by atoms with Crippen LogP contribution in [0.5, 0.6) is 17.4 Å². The van der Waals surface area contributed by atoms with Crippen molar-refractivity contribution in [2.45, 2.75) is 51.7 Å².